The summed E-state index contributed by atoms with van der Waals surface area (Å²) >= 11 is 0. The van der Waals surface area contributed by atoms with Crippen LogP contribution in [0.5, 0.6) is 0 Å². The maximum Gasteiger partial charge on any atom is 0.274 e. The molecule has 146 valence electrons. The van der Waals surface area contributed by atoms with Gasteiger partial charge in [0.1, 0.15) is 0 Å². The lowest BCUT2D eigenvalue weighted by Crippen LogP contribution is -2.31. The summed E-state index contributed by atoms with van der Waals surface area (Å²) in [5.74, 6) is -0.311. The van der Waals surface area contributed by atoms with Crippen LogP contribution in [0.4, 0.5) is 0 Å². The number of hydrogen-bond acceptors (Lipinski definition) is 4. The van der Waals surface area contributed by atoms with E-state index in [0.29, 0.717) is 17.3 Å². The molecule has 0 aliphatic carbocycles. The third kappa shape index (κ3) is 3.67. The average Bonchev–Trinajstić information content (AvgIpc) is 3.27. The first-order chi connectivity index (χ1) is 14.0. The Balaban J connectivity index is 1.58. The van der Waals surface area contributed by atoms with Crippen LogP contribution >= 0.6 is 0 Å². The van der Waals surface area contributed by atoms with Crippen LogP contribution in [0.25, 0.3) is 16.5 Å². The quantitative estimate of drug-likeness (QED) is 0.571. The van der Waals surface area contributed by atoms with Crippen LogP contribution in [0.2, 0.25) is 0 Å². The second-order valence-electron chi connectivity index (χ2n) is 7.06. The summed E-state index contributed by atoms with van der Waals surface area (Å²) in [6, 6.07) is 14.8. The number of benzene rings is 2. The van der Waals surface area contributed by atoms with Gasteiger partial charge in [0.15, 0.2) is 5.69 Å². The standard InChI is InChI=1S/C22H21N5O2/c1-15(2)27-22(29)19-6-4-3-5-18(19)20(25-27)21(28)24-13-16-7-9-17(10-8-16)26-12-11-23-14-26/h3-12,14-15H,13H2,1-2H3,(H,24,28). The summed E-state index contributed by atoms with van der Waals surface area (Å²) < 4.78 is 3.27. The molecule has 7 nitrogen and oxygen atoms in total. The Bertz CT molecular complexity index is 1210. The molecule has 7 heteroatoms. The van der Waals surface area contributed by atoms with Crippen LogP contribution in [0, 0.1) is 0 Å². The number of amides is 1. The largest absolute Gasteiger partial charge is 0.347 e. The summed E-state index contributed by atoms with van der Waals surface area (Å²) in [6.45, 7) is 4.10. The van der Waals surface area contributed by atoms with E-state index in [1.54, 1.807) is 36.8 Å². The van der Waals surface area contributed by atoms with Crippen molar-refractivity contribution in [3.05, 3.63) is 88.9 Å². The van der Waals surface area contributed by atoms with Gasteiger partial charge < -0.3 is 9.88 Å². The van der Waals surface area contributed by atoms with E-state index in [-0.39, 0.29) is 23.2 Å². The molecule has 0 aliphatic rings. The van der Waals surface area contributed by atoms with Crippen molar-refractivity contribution in [3.8, 4) is 5.69 Å². The number of rotatable bonds is 5. The lowest BCUT2D eigenvalue weighted by atomic mass is 10.1. The fourth-order valence-corrected chi connectivity index (χ4v) is 3.19. The van der Waals surface area contributed by atoms with E-state index in [2.05, 4.69) is 15.4 Å². The zero-order chi connectivity index (χ0) is 20.4. The second-order valence-corrected chi connectivity index (χ2v) is 7.06. The van der Waals surface area contributed by atoms with Crippen molar-refractivity contribution in [3.63, 3.8) is 0 Å². The highest BCUT2D eigenvalue weighted by Crippen LogP contribution is 2.15. The molecule has 2 aromatic carbocycles. The van der Waals surface area contributed by atoms with Crippen LogP contribution in [0.1, 0.15) is 35.9 Å². The number of nitrogens with one attached hydrogen (secondary N) is 1. The number of imidazole rings is 1. The molecular weight excluding hydrogens is 366 g/mol. The Labute approximate surface area is 167 Å². The molecule has 2 heterocycles. The van der Waals surface area contributed by atoms with Gasteiger partial charge in [-0.05, 0) is 37.6 Å². The van der Waals surface area contributed by atoms with Gasteiger partial charge in [-0.2, -0.15) is 5.10 Å². The topological polar surface area (TPSA) is 81.8 Å². The van der Waals surface area contributed by atoms with E-state index in [9.17, 15) is 9.59 Å². The minimum atomic E-state index is -0.311. The van der Waals surface area contributed by atoms with Gasteiger partial charge in [0.25, 0.3) is 11.5 Å². The van der Waals surface area contributed by atoms with E-state index >= 15 is 0 Å². The molecule has 0 saturated carbocycles. The molecule has 0 spiro atoms. The van der Waals surface area contributed by atoms with E-state index in [1.807, 2.05) is 48.9 Å². The molecule has 0 fully saturated rings. The Morgan fingerprint density at radius 1 is 1.07 bits per heavy atom. The number of carbonyl (C=O) groups excluding carboxylic acids is 1. The van der Waals surface area contributed by atoms with Crippen LogP contribution < -0.4 is 10.9 Å². The third-order valence-electron chi connectivity index (χ3n) is 4.72. The summed E-state index contributed by atoms with van der Waals surface area (Å²) in [5, 5.41) is 8.30. The minimum Gasteiger partial charge on any atom is -0.347 e. The lowest BCUT2D eigenvalue weighted by Gasteiger charge is -2.13. The maximum atomic E-state index is 12.9. The predicted molar refractivity (Wildman–Crippen MR) is 111 cm³/mol. The molecule has 0 radical (unpaired) electrons. The molecule has 4 aromatic rings. The van der Waals surface area contributed by atoms with E-state index < -0.39 is 0 Å². The first-order valence-electron chi connectivity index (χ1n) is 9.41. The molecule has 1 amide bonds. The summed E-state index contributed by atoms with van der Waals surface area (Å²) in [7, 11) is 0. The Kier molecular flexibility index (Phi) is 4.95. The number of aromatic nitrogens is 4. The van der Waals surface area contributed by atoms with Crippen molar-refractivity contribution in [2.24, 2.45) is 0 Å². The van der Waals surface area contributed by atoms with Gasteiger partial charge in [-0.25, -0.2) is 9.67 Å². The Hall–Kier alpha value is -3.74. The van der Waals surface area contributed by atoms with Gasteiger partial charge in [-0.15, -0.1) is 0 Å². The monoisotopic (exact) mass is 387 g/mol. The SMILES string of the molecule is CC(C)n1nc(C(=O)NCc2ccc(-n3ccnc3)cc2)c2ccccc2c1=O. The smallest absolute Gasteiger partial charge is 0.274 e. The third-order valence-corrected chi connectivity index (χ3v) is 4.72. The first kappa shape index (κ1) is 18.6. The fourth-order valence-electron chi connectivity index (χ4n) is 3.19. The molecule has 29 heavy (non-hydrogen) atoms. The van der Waals surface area contributed by atoms with Crippen molar-refractivity contribution in [2.75, 3.05) is 0 Å². The zero-order valence-electron chi connectivity index (χ0n) is 16.2. The highest BCUT2D eigenvalue weighted by atomic mass is 16.2. The van der Waals surface area contributed by atoms with Gasteiger partial charge in [0.2, 0.25) is 0 Å². The highest BCUT2D eigenvalue weighted by Gasteiger charge is 2.17. The molecule has 0 atom stereocenters. The van der Waals surface area contributed by atoms with Crippen molar-refractivity contribution in [1.29, 1.82) is 0 Å². The maximum absolute atomic E-state index is 12.9. The molecule has 0 unspecified atom stereocenters. The molecule has 0 bridgehead atoms. The number of fused-ring (bicyclic) bond motifs is 1. The van der Waals surface area contributed by atoms with Gasteiger partial charge in [-0.3, -0.25) is 9.59 Å². The summed E-state index contributed by atoms with van der Waals surface area (Å²) in [5.41, 5.74) is 2.02. The predicted octanol–water partition coefficient (Wildman–Crippen LogP) is 3.09. The van der Waals surface area contributed by atoms with Crippen LogP contribution in [0.3, 0.4) is 0 Å². The van der Waals surface area contributed by atoms with E-state index in [0.717, 1.165) is 11.3 Å². The van der Waals surface area contributed by atoms with E-state index in [1.165, 1.54) is 4.68 Å². The molecule has 0 aliphatic heterocycles. The second kappa shape index (κ2) is 7.71. The molecule has 2 aromatic heterocycles. The van der Waals surface area contributed by atoms with Crippen LogP contribution in [-0.2, 0) is 6.54 Å². The Morgan fingerprint density at radius 2 is 1.79 bits per heavy atom. The normalized spacial score (nSPS) is 11.1. The van der Waals surface area contributed by atoms with Gasteiger partial charge in [0.05, 0.1) is 17.8 Å². The molecular formula is C22H21N5O2. The first-order valence-corrected chi connectivity index (χ1v) is 9.41. The van der Waals surface area contributed by atoms with Crippen LogP contribution in [-0.4, -0.2) is 25.2 Å². The molecule has 1 N–H and O–H groups in total. The molecule has 0 saturated heterocycles. The number of hydrogen-bond donors (Lipinski definition) is 1. The summed E-state index contributed by atoms with van der Waals surface area (Å²) in [4.78, 5) is 29.5. The highest BCUT2D eigenvalue weighted by molar-refractivity contribution is 6.04. The van der Waals surface area contributed by atoms with Crippen molar-refractivity contribution < 1.29 is 4.79 Å². The van der Waals surface area contributed by atoms with Crippen molar-refractivity contribution in [2.45, 2.75) is 26.4 Å². The lowest BCUT2D eigenvalue weighted by molar-refractivity contribution is 0.0945. The Morgan fingerprint density at radius 3 is 2.45 bits per heavy atom. The van der Waals surface area contributed by atoms with Gasteiger partial charge in [0, 0.05) is 30.0 Å². The summed E-state index contributed by atoms with van der Waals surface area (Å²) in [6.07, 6.45) is 5.33. The number of nitrogens with zero attached hydrogens (tertiary/aromatic N) is 4. The van der Waals surface area contributed by atoms with Gasteiger partial charge in [-0.1, -0.05) is 30.3 Å². The zero-order valence-corrected chi connectivity index (χ0v) is 16.2. The fraction of sp³-hybridized carbons (Fsp3) is 0.182. The van der Waals surface area contributed by atoms with Crippen molar-refractivity contribution >= 4 is 16.7 Å². The average molecular weight is 387 g/mol. The van der Waals surface area contributed by atoms with E-state index in [4.69, 9.17) is 0 Å². The van der Waals surface area contributed by atoms with Crippen molar-refractivity contribution in [1.82, 2.24) is 24.6 Å². The molecule has 4 rings (SSSR count). The van der Waals surface area contributed by atoms with Gasteiger partial charge >= 0.3 is 0 Å². The number of carbonyl (C=O) groups is 1. The van der Waals surface area contributed by atoms with Crippen LogP contribution in [0.15, 0.2) is 72.0 Å². The minimum absolute atomic E-state index is 0.144.